The number of carbonyl (C=O) groups is 1. The van der Waals surface area contributed by atoms with E-state index in [1.54, 1.807) is 4.90 Å². The SMILES string of the molecule is O=C(NC1CCOC2(CCOCC2)C1)N1CCC(C(F)(F)F)C2(CCC2)C1. The van der Waals surface area contributed by atoms with Gasteiger partial charge in [0.25, 0.3) is 0 Å². The highest BCUT2D eigenvalue weighted by Crippen LogP contribution is 2.56. The van der Waals surface area contributed by atoms with Gasteiger partial charge in [0.15, 0.2) is 0 Å². The van der Waals surface area contributed by atoms with E-state index in [2.05, 4.69) is 5.32 Å². The summed E-state index contributed by atoms with van der Waals surface area (Å²) in [5.74, 6) is -1.27. The van der Waals surface area contributed by atoms with E-state index in [0.717, 1.165) is 32.1 Å². The Labute approximate surface area is 157 Å². The fourth-order valence-corrected chi connectivity index (χ4v) is 5.49. The van der Waals surface area contributed by atoms with Gasteiger partial charge in [-0.1, -0.05) is 6.42 Å². The van der Waals surface area contributed by atoms with Crippen molar-refractivity contribution in [3.05, 3.63) is 0 Å². The van der Waals surface area contributed by atoms with Gasteiger partial charge >= 0.3 is 12.2 Å². The van der Waals surface area contributed by atoms with Gasteiger partial charge in [0.1, 0.15) is 0 Å². The minimum absolute atomic E-state index is 0.0158. The topological polar surface area (TPSA) is 50.8 Å². The molecular formula is C19H29F3N2O3. The zero-order valence-corrected chi connectivity index (χ0v) is 15.7. The van der Waals surface area contributed by atoms with Gasteiger partial charge in [-0.25, -0.2) is 4.79 Å². The van der Waals surface area contributed by atoms with E-state index < -0.39 is 17.5 Å². The number of piperidine rings is 1. The molecule has 1 saturated carbocycles. The van der Waals surface area contributed by atoms with Crippen LogP contribution in [-0.4, -0.2) is 61.7 Å². The molecule has 0 aromatic rings. The highest BCUT2D eigenvalue weighted by molar-refractivity contribution is 5.74. The first kappa shape index (κ1) is 19.3. The Morgan fingerprint density at radius 2 is 1.81 bits per heavy atom. The largest absolute Gasteiger partial charge is 0.392 e. The lowest BCUT2D eigenvalue weighted by Gasteiger charge is -2.54. The number of nitrogens with zero attached hydrogens (tertiary/aromatic N) is 1. The lowest BCUT2D eigenvalue weighted by atomic mass is 9.58. The number of urea groups is 1. The number of halogens is 3. The van der Waals surface area contributed by atoms with Gasteiger partial charge in [-0.2, -0.15) is 13.2 Å². The molecule has 3 heterocycles. The maximum atomic E-state index is 13.4. The summed E-state index contributed by atoms with van der Waals surface area (Å²) in [5.41, 5.74) is -0.974. The van der Waals surface area contributed by atoms with Crippen molar-refractivity contribution < 1.29 is 27.4 Å². The van der Waals surface area contributed by atoms with Crippen LogP contribution < -0.4 is 5.32 Å². The van der Waals surface area contributed by atoms with Crippen molar-refractivity contribution in [3.63, 3.8) is 0 Å². The number of ether oxygens (including phenoxy) is 2. The van der Waals surface area contributed by atoms with Crippen LogP contribution in [0.1, 0.15) is 51.4 Å². The van der Waals surface area contributed by atoms with Crippen LogP contribution in [0.15, 0.2) is 0 Å². The number of likely N-dealkylation sites (tertiary alicyclic amines) is 1. The third-order valence-electron chi connectivity index (χ3n) is 7.19. The highest BCUT2D eigenvalue weighted by atomic mass is 19.4. The first-order valence-electron chi connectivity index (χ1n) is 10.2. The Bertz CT molecular complexity index is 553. The van der Waals surface area contributed by atoms with Crippen LogP contribution in [0.4, 0.5) is 18.0 Å². The molecule has 2 spiro atoms. The molecule has 0 radical (unpaired) electrons. The fourth-order valence-electron chi connectivity index (χ4n) is 5.49. The van der Waals surface area contributed by atoms with Crippen LogP contribution in [0.3, 0.4) is 0 Å². The summed E-state index contributed by atoms with van der Waals surface area (Å²) in [6.45, 7) is 2.36. The third-order valence-corrected chi connectivity index (χ3v) is 7.19. The molecule has 1 N–H and O–H groups in total. The first-order valence-corrected chi connectivity index (χ1v) is 10.2. The summed E-state index contributed by atoms with van der Waals surface area (Å²) in [4.78, 5) is 14.4. The third kappa shape index (κ3) is 3.79. The van der Waals surface area contributed by atoms with Gasteiger partial charge in [0, 0.05) is 39.0 Å². The van der Waals surface area contributed by atoms with Gasteiger partial charge in [-0.15, -0.1) is 0 Å². The van der Waals surface area contributed by atoms with E-state index in [4.69, 9.17) is 9.47 Å². The smallest absolute Gasteiger partial charge is 0.381 e. The Balaban J connectivity index is 1.36. The van der Waals surface area contributed by atoms with Crippen LogP contribution >= 0.6 is 0 Å². The molecule has 2 atom stereocenters. The van der Waals surface area contributed by atoms with E-state index in [1.807, 2.05) is 0 Å². The molecule has 2 amide bonds. The molecule has 0 aromatic carbocycles. The van der Waals surface area contributed by atoms with E-state index in [1.165, 1.54) is 0 Å². The van der Waals surface area contributed by atoms with Crippen LogP contribution in [-0.2, 0) is 9.47 Å². The minimum atomic E-state index is -4.17. The predicted molar refractivity (Wildman–Crippen MR) is 92.3 cm³/mol. The maximum Gasteiger partial charge on any atom is 0.392 e. The van der Waals surface area contributed by atoms with Gasteiger partial charge < -0.3 is 19.7 Å². The number of hydrogen-bond donors (Lipinski definition) is 1. The average molecular weight is 390 g/mol. The van der Waals surface area contributed by atoms with Crippen molar-refractivity contribution in [1.82, 2.24) is 10.2 Å². The van der Waals surface area contributed by atoms with Crippen molar-refractivity contribution in [3.8, 4) is 0 Å². The molecule has 0 bridgehead atoms. The molecule has 1 aliphatic carbocycles. The molecule has 3 saturated heterocycles. The zero-order chi connectivity index (χ0) is 19.1. The van der Waals surface area contributed by atoms with Crippen LogP contribution in [0.2, 0.25) is 0 Å². The summed E-state index contributed by atoms with van der Waals surface area (Å²) in [6.07, 6.45) is 0.990. The Kier molecular flexibility index (Phi) is 5.08. The van der Waals surface area contributed by atoms with E-state index in [9.17, 15) is 18.0 Å². The molecule has 4 rings (SSSR count). The summed E-state index contributed by atoms with van der Waals surface area (Å²) in [7, 11) is 0. The van der Waals surface area contributed by atoms with Crippen LogP contribution in [0.5, 0.6) is 0 Å². The standard InChI is InChI=1S/C19H29F3N2O3/c20-19(21,22)15-2-8-24(13-17(15)4-1-5-17)16(25)23-14-3-9-27-18(12-14)6-10-26-11-7-18/h14-15H,1-13H2,(H,23,25). The minimum Gasteiger partial charge on any atom is -0.381 e. The molecule has 0 aromatic heterocycles. The second-order valence-electron chi connectivity index (χ2n) is 8.80. The first-order chi connectivity index (χ1) is 12.8. The maximum absolute atomic E-state index is 13.4. The normalized spacial score (nSPS) is 32.9. The number of alkyl halides is 3. The second-order valence-corrected chi connectivity index (χ2v) is 8.80. The Morgan fingerprint density at radius 3 is 2.44 bits per heavy atom. The monoisotopic (exact) mass is 390 g/mol. The van der Waals surface area contributed by atoms with Gasteiger partial charge in [0.05, 0.1) is 11.5 Å². The highest BCUT2D eigenvalue weighted by Gasteiger charge is 2.58. The number of carbonyl (C=O) groups excluding carboxylic acids is 1. The predicted octanol–water partition coefficient (Wildman–Crippen LogP) is 3.48. The summed E-state index contributed by atoms with van der Waals surface area (Å²) < 4.78 is 51.7. The molecule has 4 aliphatic rings. The van der Waals surface area contributed by atoms with Crippen molar-refractivity contribution in [2.24, 2.45) is 11.3 Å². The van der Waals surface area contributed by atoms with Crippen molar-refractivity contribution in [2.75, 3.05) is 32.9 Å². The van der Waals surface area contributed by atoms with Crippen molar-refractivity contribution in [2.45, 2.75) is 69.2 Å². The van der Waals surface area contributed by atoms with Crippen LogP contribution in [0.25, 0.3) is 0 Å². The molecule has 4 fully saturated rings. The molecule has 27 heavy (non-hydrogen) atoms. The Hall–Kier alpha value is -1.02. The molecule has 5 nitrogen and oxygen atoms in total. The lowest BCUT2D eigenvalue weighted by Crippen LogP contribution is -2.60. The van der Waals surface area contributed by atoms with Crippen molar-refractivity contribution in [1.29, 1.82) is 0 Å². The summed E-state index contributed by atoms with van der Waals surface area (Å²) in [6, 6.07) is -0.196. The number of amides is 2. The van der Waals surface area contributed by atoms with E-state index in [-0.39, 0.29) is 37.2 Å². The van der Waals surface area contributed by atoms with Crippen molar-refractivity contribution >= 4 is 6.03 Å². The van der Waals surface area contributed by atoms with E-state index >= 15 is 0 Å². The summed E-state index contributed by atoms with van der Waals surface area (Å²) in [5, 5.41) is 3.08. The molecular weight excluding hydrogens is 361 g/mol. The van der Waals surface area contributed by atoms with Gasteiger partial charge in [-0.3, -0.25) is 0 Å². The van der Waals surface area contributed by atoms with Gasteiger partial charge in [0.2, 0.25) is 0 Å². The quantitative estimate of drug-likeness (QED) is 0.746. The van der Waals surface area contributed by atoms with Gasteiger partial charge in [-0.05, 0) is 50.4 Å². The number of nitrogens with one attached hydrogen (secondary N) is 1. The second kappa shape index (κ2) is 7.10. The number of hydrogen-bond acceptors (Lipinski definition) is 3. The summed E-state index contributed by atoms with van der Waals surface area (Å²) >= 11 is 0. The van der Waals surface area contributed by atoms with E-state index in [0.29, 0.717) is 32.7 Å². The Morgan fingerprint density at radius 1 is 1.07 bits per heavy atom. The molecule has 2 unspecified atom stereocenters. The fraction of sp³-hybridized carbons (Fsp3) is 0.947. The molecule has 3 aliphatic heterocycles. The number of rotatable bonds is 1. The molecule has 8 heteroatoms. The lowest BCUT2D eigenvalue weighted by molar-refractivity contribution is -0.235. The zero-order valence-electron chi connectivity index (χ0n) is 15.7. The molecule has 154 valence electrons. The average Bonchev–Trinajstić information content (AvgIpc) is 2.60. The van der Waals surface area contributed by atoms with Crippen LogP contribution in [0, 0.1) is 11.3 Å².